The average molecular weight is 235 g/mol. The topological polar surface area (TPSA) is 32.3 Å². The third-order valence-corrected chi connectivity index (χ3v) is 4.63. The van der Waals surface area contributed by atoms with Gasteiger partial charge in [0.25, 0.3) is 0 Å². The van der Waals surface area contributed by atoms with Crippen molar-refractivity contribution in [1.29, 1.82) is 0 Å². The molecule has 0 aromatic rings. The first-order chi connectivity index (χ1) is 6.58. The second-order valence-electron chi connectivity index (χ2n) is 4.38. The highest BCUT2D eigenvalue weighted by molar-refractivity contribution is 7.99. The average Bonchev–Trinajstić information content (AvgIpc) is 2.54. The summed E-state index contributed by atoms with van der Waals surface area (Å²) in [6.07, 6.45) is 1.32. The SMILES string of the molecule is CC(C)(O)CSCCNC1CCSC1. The molecule has 0 amide bonds. The maximum absolute atomic E-state index is 9.48. The Morgan fingerprint density at radius 1 is 1.57 bits per heavy atom. The minimum Gasteiger partial charge on any atom is -0.390 e. The summed E-state index contributed by atoms with van der Waals surface area (Å²) in [6, 6.07) is 0.739. The fraction of sp³-hybridized carbons (Fsp3) is 1.00. The summed E-state index contributed by atoms with van der Waals surface area (Å²) >= 11 is 3.87. The number of thioether (sulfide) groups is 2. The van der Waals surface area contributed by atoms with Crippen molar-refractivity contribution in [3.05, 3.63) is 0 Å². The fourth-order valence-electron chi connectivity index (χ4n) is 1.35. The Labute approximate surface area is 95.6 Å². The molecule has 0 aromatic heterocycles. The molecule has 1 aliphatic heterocycles. The predicted octanol–water partition coefficient (Wildman–Crippen LogP) is 1.59. The van der Waals surface area contributed by atoms with E-state index >= 15 is 0 Å². The number of aliphatic hydroxyl groups is 1. The Morgan fingerprint density at radius 3 is 2.93 bits per heavy atom. The first-order valence-electron chi connectivity index (χ1n) is 5.19. The molecule has 84 valence electrons. The van der Waals surface area contributed by atoms with E-state index in [4.69, 9.17) is 0 Å². The first kappa shape index (κ1) is 12.7. The summed E-state index contributed by atoms with van der Waals surface area (Å²) in [6.45, 7) is 4.80. The van der Waals surface area contributed by atoms with Gasteiger partial charge in [-0.3, -0.25) is 0 Å². The van der Waals surface area contributed by atoms with E-state index in [1.165, 1.54) is 17.9 Å². The van der Waals surface area contributed by atoms with Crippen LogP contribution in [0.4, 0.5) is 0 Å². The maximum Gasteiger partial charge on any atom is 0.0681 e. The fourth-order valence-corrected chi connectivity index (χ4v) is 3.45. The van der Waals surface area contributed by atoms with Crippen LogP contribution in [0.5, 0.6) is 0 Å². The van der Waals surface area contributed by atoms with Crippen LogP contribution < -0.4 is 5.32 Å². The third-order valence-electron chi connectivity index (χ3n) is 2.06. The standard InChI is InChI=1S/C10H21NOS2/c1-10(2,12)8-14-6-4-11-9-3-5-13-7-9/h9,11-12H,3-8H2,1-2H3. The van der Waals surface area contributed by atoms with Gasteiger partial charge in [-0.05, 0) is 26.0 Å². The molecular formula is C10H21NOS2. The number of rotatable bonds is 6. The number of nitrogens with one attached hydrogen (secondary N) is 1. The van der Waals surface area contributed by atoms with E-state index in [-0.39, 0.29) is 0 Å². The van der Waals surface area contributed by atoms with Crippen LogP contribution in [0.2, 0.25) is 0 Å². The molecule has 0 saturated carbocycles. The Balaban J connectivity index is 1.89. The Hall–Kier alpha value is 0.620. The summed E-state index contributed by atoms with van der Waals surface area (Å²) in [5.74, 6) is 4.52. The number of hydrogen-bond donors (Lipinski definition) is 2. The van der Waals surface area contributed by atoms with E-state index in [9.17, 15) is 5.11 Å². The molecule has 1 heterocycles. The van der Waals surface area contributed by atoms with Crippen molar-refractivity contribution in [2.45, 2.75) is 31.9 Å². The minimum absolute atomic E-state index is 0.520. The first-order valence-corrected chi connectivity index (χ1v) is 7.50. The van der Waals surface area contributed by atoms with Gasteiger partial charge in [0, 0.05) is 29.8 Å². The van der Waals surface area contributed by atoms with Crippen molar-refractivity contribution in [3.8, 4) is 0 Å². The molecule has 4 heteroatoms. The molecule has 1 fully saturated rings. The largest absolute Gasteiger partial charge is 0.390 e. The summed E-state index contributed by atoms with van der Waals surface area (Å²) < 4.78 is 0. The number of hydrogen-bond acceptors (Lipinski definition) is 4. The molecule has 0 bridgehead atoms. The van der Waals surface area contributed by atoms with Crippen molar-refractivity contribution < 1.29 is 5.11 Å². The monoisotopic (exact) mass is 235 g/mol. The molecule has 1 rings (SSSR count). The summed E-state index contributed by atoms with van der Waals surface area (Å²) in [4.78, 5) is 0. The molecular weight excluding hydrogens is 214 g/mol. The minimum atomic E-state index is -0.520. The van der Waals surface area contributed by atoms with Gasteiger partial charge in [0.15, 0.2) is 0 Å². The lowest BCUT2D eigenvalue weighted by Crippen LogP contribution is -2.31. The van der Waals surface area contributed by atoms with E-state index in [1.807, 2.05) is 37.4 Å². The smallest absolute Gasteiger partial charge is 0.0681 e. The van der Waals surface area contributed by atoms with Gasteiger partial charge in [-0.15, -0.1) is 0 Å². The van der Waals surface area contributed by atoms with E-state index < -0.39 is 5.60 Å². The third kappa shape index (κ3) is 6.17. The van der Waals surface area contributed by atoms with Crippen LogP contribution >= 0.6 is 23.5 Å². The van der Waals surface area contributed by atoms with Crippen molar-refractivity contribution in [3.63, 3.8) is 0 Å². The highest BCUT2D eigenvalue weighted by Gasteiger charge is 2.14. The van der Waals surface area contributed by atoms with Crippen molar-refractivity contribution >= 4 is 23.5 Å². The highest BCUT2D eigenvalue weighted by atomic mass is 32.2. The van der Waals surface area contributed by atoms with Gasteiger partial charge in [0.1, 0.15) is 0 Å². The van der Waals surface area contributed by atoms with Gasteiger partial charge in [-0.2, -0.15) is 23.5 Å². The van der Waals surface area contributed by atoms with Crippen LogP contribution in [-0.4, -0.2) is 46.3 Å². The Morgan fingerprint density at radius 2 is 2.36 bits per heavy atom. The van der Waals surface area contributed by atoms with Gasteiger partial charge in [0.05, 0.1) is 5.60 Å². The van der Waals surface area contributed by atoms with Crippen LogP contribution in [-0.2, 0) is 0 Å². The van der Waals surface area contributed by atoms with Crippen molar-refractivity contribution in [2.75, 3.05) is 29.6 Å². The van der Waals surface area contributed by atoms with E-state index in [0.29, 0.717) is 0 Å². The lowest BCUT2D eigenvalue weighted by atomic mass is 10.2. The zero-order chi connectivity index (χ0) is 10.4. The normalized spacial score (nSPS) is 22.9. The van der Waals surface area contributed by atoms with Gasteiger partial charge in [-0.1, -0.05) is 0 Å². The molecule has 1 unspecified atom stereocenters. The molecule has 1 saturated heterocycles. The summed E-state index contributed by atoms with van der Waals surface area (Å²) in [5, 5.41) is 13.0. The van der Waals surface area contributed by atoms with Gasteiger partial charge >= 0.3 is 0 Å². The molecule has 0 radical (unpaired) electrons. The molecule has 2 nitrogen and oxygen atoms in total. The van der Waals surface area contributed by atoms with Gasteiger partial charge in [0.2, 0.25) is 0 Å². The van der Waals surface area contributed by atoms with Crippen LogP contribution in [0.1, 0.15) is 20.3 Å². The Kier molecular flexibility index (Phi) is 5.67. The van der Waals surface area contributed by atoms with Crippen molar-refractivity contribution in [2.24, 2.45) is 0 Å². The molecule has 14 heavy (non-hydrogen) atoms. The van der Waals surface area contributed by atoms with E-state index in [1.54, 1.807) is 0 Å². The molecule has 1 aliphatic rings. The summed E-state index contributed by atoms with van der Waals surface area (Å²) in [5.41, 5.74) is -0.520. The quantitative estimate of drug-likeness (QED) is 0.685. The highest BCUT2D eigenvalue weighted by Crippen LogP contribution is 2.17. The van der Waals surface area contributed by atoms with E-state index in [0.717, 1.165) is 24.1 Å². The molecule has 1 atom stereocenters. The van der Waals surface area contributed by atoms with Crippen LogP contribution in [0, 0.1) is 0 Å². The summed E-state index contributed by atoms with van der Waals surface area (Å²) in [7, 11) is 0. The Bertz CT molecular complexity index is 153. The molecule has 2 N–H and O–H groups in total. The lowest BCUT2D eigenvalue weighted by molar-refractivity contribution is 0.107. The van der Waals surface area contributed by atoms with Gasteiger partial charge < -0.3 is 10.4 Å². The maximum atomic E-state index is 9.48. The molecule has 0 spiro atoms. The predicted molar refractivity (Wildman–Crippen MR) is 67.4 cm³/mol. The van der Waals surface area contributed by atoms with Crippen LogP contribution in [0.25, 0.3) is 0 Å². The molecule has 0 aliphatic carbocycles. The zero-order valence-corrected chi connectivity index (χ0v) is 10.7. The van der Waals surface area contributed by atoms with Gasteiger partial charge in [-0.25, -0.2) is 0 Å². The van der Waals surface area contributed by atoms with Crippen LogP contribution in [0.15, 0.2) is 0 Å². The lowest BCUT2D eigenvalue weighted by Gasteiger charge is -2.16. The van der Waals surface area contributed by atoms with Crippen LogP contribution in [0.3, 0.4) is 0 Å². The van der Waals surface area contributed by atoms with E-state index in [2.05, 4.69) is 5.32 Å². The molecule has 0 aromatic carbocycles. The van der Waals surface area contributed by atoms with Crippen molar-refractivity contribution in [1.82, 2.24) is 5.32 Å². The zero-order valence-electron chi connectivity index (χ0n) is 9.08. The second kappa shape index (κ2) is 6.26. The second-order valence-corrected chi connectivity index (χ2v) is 6.63.